The van der Waals surface area contributed by atoms with Crippen LogP contribution in [0.4, 0.5) is 0 Å². The van der Waals surface area contributed by atoms with Crippen LogP contribution in [0, 0.1) is 33.6 Å². The van der Waals surface area contributed by atoms with Gasteiger partial charge in [0.25, 0.3) is 5.89 Å². The molecule has 0 radical (unpaired) electrons. The normalized spacial score (nSPS) is 17.3. The number of piperidine rings is 1. The average Bonchev–Trinajstić information content (AvgIpc) is 3.07. The van der Waals surface area contributed by atoms with E-state index in [0.717, 1.165) is 16.7 Å². The van der Waals surface area contributed by atoms with E-state index in [4.69, 9.17) is 9.15 Å². The third-order valence-corrected chi connectivity index (χ3v) is 7.38. The lowest BCUT2D eigenvalue weighted by atomic mass is 9.98. The molecule has 0 N–H and O–H groups in total. The molecule has 0 bridgehead atoms. The molecule has 3 rings (SSSR count). The fourth-order valence-corrected chi connectivity index (χ4v) is 5.71. The summed E-state index contributed by atoms with van der Waals surface area (Å²) in [5, 5.41) is 7.59. The summed E-state index contributed by atoms with van der Waals surface area (Å²) in [5.41, 5.74) is 2.52. The second-order valence-electron chi connectivity index (χ2n) is 7.64. The van der Waals surface area contributed by atoms with Gasteiger partial charge in [0, 0.05) is 20.0 Å². The van der Waals surface area contributed by atoms with Crippen LogP contribution in [0.3, 0.4) is 0 Å². The van der Waals surface area contributed by atoms with Crippen molar-refractivity contribution in [3.8, 4) is 0 Å². The molecule has 9 heteroatoms. The Morgan fingerprint density at radius 2 is 1.72 bits per heavy atom. The van der Waals surface area contributed by atoms with Gasteiger partial charge in [-0.3, -0.25) is 4.79 Å². The Labute approximate surface area is 171 Å². The van der Waals surface area contributed by atoms with Crippen LogP contribution in [-0.2, 0) is 19.6 Å². The van der Waals surface area contributed by atoms with E-state index in [0.29, 0.717) is 23.6 Å². The number of benzene rings is 1. The van der Waals surface area contributed by atoms with Crippen molar-refractivity contribution in [2.24, 2.45) is 5.92 Å². The van der Waals surface area contributed by atoms with Crippen LogP contribution in [0.1, 0.15) is 54.3 Å². The van der Waals surface area contributed by atoms with E-state index in [9.17, 15) is 13.2 Å². The summed E-state index contributed by atoms with van der Waals surface area (Å²) < 4.78 is 38.5. The molecule has 8 nitrogen and oxygen atoms in total. The first-order chi connectivity index (χ1) is 13.6. The van der Waals surface area contributed by atoms with Crippen LogP contribution >= 0.6 is 0 Å². The maximum atomic E-state index is 13.2. The lowest BCUT2D eigenvalue weighted by molar-refractivity contribution is -0.156. The van der Waals surface area contributed by atoms with Gasteiger partial charge in [-0.25, -0.2) is 8.42 Å². The van der Waals surface area contributed by atoms with E-state index in [2.05, 4.69) is 10.2 Å². The van der Waals surface area contributed by atoms with Gasteiger partial charge in [0.1, 0.15) is 0 Å². The van der Waals surface area contributed by atoms with Gasteiger partial charge in [0.15, 0.2) is 6.10 Å². The first-order valence-electron chi connectivity index (χ1n) is 9.68. The van der Waals surface area contributed by atoms with Crippen molar-refractivity contribution in [3.63, 3.8) is 0 Å². The topological polar surface area (TPSA) is 103 Å². The molecule has 1 unspecified atom stereocenters. The summed E-state index contributed by atoms with van der Waals surface area (Å²) in [6.45, 7) is 9.48. The van der Waals surface area contributed by atoms with Gasteiger partial charge < -0.3 is 9.15 Å². The largest absolute Gasteiger partial charge is 0.452 e. The molecule has 29 heavy (non-hydrogen) atoms. The highest BCUT2D eigenvalue weighted by Crippen LogP contribution is 2.30. The minimum absolute atomic E-state index is 0.251. The van der Waals surface area contributed by atoms with Crippen molar-refractivity contribution in [1.29, 1.82) is 0 Å². The highest BCUT2D eigenvalue weighted by Gasteiger charge is 2.35. The summed E-state index contributed by atoms with van der Waals surface area (Å²) in [7, 11) is -3.60. The summed E-state index contributed by atoms with van der Waals surface area (Å²) >= 11 is 0. The zero-order chi connectivity index (χ0) is 21.3. The molecule has 1 fully saturated rings. The third-order valence-electron chi connectivity index (χ3n) is 5.17. The van der Waals surface area contributed by atoms with Gasteiger partial charge in [-0.05, 0) is 51.7 Å². The molecule has 1 atom stereocenters. The zero-order valence-corrected chi connectivity index (χ0v) is 18.2. The number of hydrogen-bond donors (Lipinski definition) is 0. The zero-order valence-electron chi connectivity index (χ0n) is 17.4. The molecule has 0 spiro atoms. The molecular formula is C20H27N3O5S. The van der Waals surface area contributed by atoms with Crippen molar-refractivity contribution in [3.05, 3.63) is 40.6 Å². The van der Waals surface area contributed by atoms with Crippen LogP contribution in [-0.4, -0.2) is 42.0 Å². The van der Waals surface area contributed by atoms with E-state index >= 15 is 0 Å². The number of nitrogens with zero attached hydrogens (tertiary/aromatic N) is 3. The second-order valence-corrected chi connectivity index (χ2v) is 9.52. The maximum Gasteiger partial charge on any atom is 0.309 e. The molecule has 0 amide bonds. The highest BCUT2D eigenvalue weighted by molar-refractivity contribution is 7.89. The van der Waals surface area contributed by atoms with E-state index < -0.39 is 16.1 Å². The molecule has 1 saturated heterocycles. The average molecular weight is 422 g/mol. The minimum Gasteiger partial charge on any atom is -0.452 e. The van der Waals surface area contributed by atoms with Crippen molar-refractivity contribution in [2.75, 3.05) is 13.1 Å². The summed E-state index contributed by atoms with van der Waals surface area (Å²) in [6, 6.07) is 3.76. The number of hydrogen-bond acceptors (Lipinski definition) is 7. The van der Waals surface area contributed by atoms with Crippen molar-refractivity contribution in [1.82, 2.24) is 14.5 Å². The Morgan fingerprint density at radius 1 is 1.14 bits per heavy atom. The molecule has 158 valence electrons. The molecule has 1 aromatic carbocycles. The quantitative estimate of drug-likeness (QED) is 0.684. The summed E-state index contributed by atoms with van der Waals surface area (Å²) in [4.78, 5) is 12.8. The monoisotopic (exact) mass is 421 g/mol. The second kappa shape index (κ2) is 8.23. The van der Waals surface area contributed by atoms with Crippen LogP contribution in [0.15, 0.2) is 21.4 Å². The van der Waals surface area contributed by atoms with E-state index in [1.54, 1.807) is 13.8 Å². The first-order valence-corrected chi connectivity index (χ1v) is 11.1. The number of aromatic nitrogens is 2. The number of aryl methyl sites for hydroxylation is 4. The molecule has 2 heterocycles. The number of carbonyl (C=O) groups is 1. The third kappa shape index (κ3) is 4.51. The van der Waals surface area contributed by atoms with Crippen molar-refractivity contribution >= 4 is 16.0 Å². The van der Waals surface area contributed by atoms with E-state index in [1.807, 2.05) is 32.9 Å². The van der Waals surface area contributed by atoms with Crippen molar-refractivity contribution in [2.45, 2.75) is 58.5 Å². The summed E-state index contributed by atoms with van der Waals surface area (Å²) in [5.74, 6) is -0.0643. The SMILES string of the molecule is Cc1cc(C)c(S(=O)(=O)N2CCC(C(=O)OC(C)c3nnc(C)o3)CC2)c(C)c1. The minimum atomic E-state index is -3.60. The Kier molecular flexibility index (Phi) is 6.09. The van der Waals surface area contributed by atoms with Gasteiger partial charge in [-0.1, -0.05) is 17.7 Å². The van der Waals surface area contributed by atoms with Gasteiger partial charge in [-0.2, -0.15) is 4.31 Å². The number of ether oxygens (including phenoxy) is 1. The number of rotatable bonds is 5. The Balaban J connectivity index is 1.65. The molecular weight excluding hydrogens is 394 g/mol. The Morgan fingerprint density at radius 3 is 2.24 bits per heavy atom. The van der Waals surface area contributed by atoms with E-state index in [1.165, 1.54) is 4.31 Å². The smallest absolute Gasteiger partial charge is 0.309 e. The Bertz CT molecular complexity index is 984. The van der Waals surface area contributed by atoms with Crippen LogP contribution in [0.2, 0.25) is 0 Å². The van der Waals surface area contributed by atoms with Gasteiger partial charge in [0.05, 0.1) is 10.8 Å². The Hall–Kier alpha value is -2.26. The number of carbonyl (C=O) groups excluding carboxylic acids is 1. The standard InChI is InChI=1S/C20H27N3O5S/c1-12-10-13(2)18(14(3)11-12)29(25,26)23-8-6-17(7-9-23)20(24)27-15(4)19-22-21-16(5)28-19/h10-11,15,17H,6-9H2,1-5H3. The lowest BCUT2D eigenvalue weighted by Gasteiger charge is -2.31. The number of sulfonamides is 1. The van der Waals surface area contributed by atoms with Crippen molar-refractivity contribution < 1.29 is 22.4 Å². The van der Waals surface area contributed by atoms with Crippen LogP contribution in [0.5, 0.6) is 0 Å². The first kappa shape index (κ1) is 21.4. The number of esters is 1. The van der Waals surface area contributed by atoms with Crippen LogP contribution in [0.25, 0.3) is 0 Å². The van der Waals surface area contributed by atoms with Crippen LogP contribution < -0.4 is 0 Å². The lowest BCUT2D eigenvalue weighted by Crippen LogP contribution is -2.41. The predicted octanol–water partition coefficient (Wildman–Crippen LogP) is 3.01. The highest BCUT2D eigenvalue weighted by atomic mass is 32.2. The van der Waals surface area contributed by atoms with Gasteiger partial charge in [0.2, 0.25) is 15.9 Å². The molecule has 1 aliphatic heterocycles. The summed E-state index contributed by atoms with van der Waals surface area (Å²) in [6.07, 6.45) is 0.193. The molecule has 0 saturated carbocycles. The predicted molar refractivity (Wildman–Crippen MR) is 106 cm³/mol. The molecule has 1 aliphatic rings. The fraction of sp³-hybridized carbons (Fsp3) is 0.550. The van der Waals surface area contributed by atoms with E-state index in [-0.39, 0.29) is 30.9 Å². The molecule has 0 aliphatic carbocycles. The maximum absolute atomic E-state index is 13.2. The van der Waals surface area contributed by atoms with Gasteiger partial charge >= 0.3 is 5.97 Å². The van der Waals surface area contributed by atoms with Gasteiger partial charge in [-0.15, -0.1) is 10.2 Å². The molecule has 1 aromatic heterocycles. The molecule has 2 aromatic rings. The fourth-order valence-electron chi connectivity index (χ4n) is 3.83.